The van der Waals surface area contributed by atoms with Crippen molar-refractivity contribution in [2.45, 2.75) is 25.2 Å². The molecule has 1 aromatic carbocycles. The Kier molecular flexibility index (Phi) is 3.95. The Morgan fingerprint density at radius 3 is 2.76 bits per heavy atom. The third-order valence-electron chi connectivity index (χ3n) is 3.21. The van der Waals surface area contributed by atoms with Crippen LogP contribution >= 0.6 is 0 Å². The average Bonchev–Trinajstić information content (AvgIpc) is 2.41. The predicted molar refractivity (Wildman–Crippen MR) is 72.1 cm³/mol. The van der Waals surface area contributed by atoms with E-state index < -0.39 is 18.3 Å². The lowest BCUT2D eigenvalue weighted by Crippen LogP contribution is -2.44. The number of nitrogens with two attached hydrogens (primary N) is 1. The van der Waals surface area contributed by atoms with Crippen molar-refractivity contribution in [3.8, 4) is 5.75 Å². The van der Waals surface area contributed by atoms with E-state index in [1.165, 1.54) is 29.2 Å². The zero-order valence-electron chi connectivity index (χ0n) is 11.4. The fourth-order valence-electron chi connectivity index (χ4n) is 2.12. The quantitative estimate of drug-likeness (QED) is 0.873. The highest BCUT2D eigenvalue weighted by Gasteiger charge is 2.39. The first-order chi connectivity index (χ1) is 9.75. The van der Waals surface area contributed by atoms with Crippen LogP contribution in [0.5, 0.6) is 5.75 Å². The van der Waals surface area contributed by atoms with E-state index in [2.05, 4.69) is 6.58 Å². The van der Waals surface area contributed by atoms with Crippen LogP contribution in [-0.2, 0) is 4.79 Å². The molecule has 0 aromatic heterocycles. The second kappa shape index (κ2) is 5.40. The molecule has 4 nitrogen and oxygen atoms in total. The SMILES string of the molecule is C=CCN1C(=O)C(C)Oc2ccc(C(N)C(F)(F)F)cc21. The molecule has 0 spiro atoms. The van der Waals surface area contributed by atoms with Crippen molar-refractivity contribution in [3.05, 3.63) is 36.4 Å². The summed E-state index contributed by atoms with van der Waals surface area (Å²) in [5, 5.41) is 0. The smallest absolute Gasteiger partial charge is 0.407 e. The van der Waals surface area contributed by atoms with E-state index in [-0.39, 0.29) is 23.7 Å². The summed E-state index contributed by atoms with van der Waals surface area (Å²) in [5.74, 6) is 0.0159. The molecule has 0 saturated carbocycles. The maximum absolute atomic E-state index is 12.7. The van der Waals surface area contributed by atoms with E-state index in [0.717, 1.165) is 0 Å². The fraction of sp³-hybridized carbons (Fsp3) is 0.357. The summed E-state index contributed by atoms with van der Waals surface area (Å²) in [7, 11) is 0. The van der Waals surface area contributed by atoms with Crippen LogP contribution in [0.2, 0.25) is 0 Å². The molecule has 1 aliphatic rings. The van der Waals surface area contributed by atoms with Crippen LogP contribution in [0.15, 0.2) is 30.9 Å². The minimum Gasteiger partial charge on any atom is -0.479 e. The predicted octanol–water partition coefficient (Wildman–Crippen LogP) is 2.55. The van der Waals surface area contributed by atoms with Crippen molar-refractivity contribution in [2.24, 2.45) is 5.73 Å². The Bertz CT molecular complexity index is 572. The van der Waals surface area contributed by atoms with Gasteiger partial charge >= 0.3 is 6.18 Å². The minimum absolute atomic E-state index is 0.124. The molecule has 2 rings (SSSR count). The highest BCUT2D eigenvalue weighted by molar-refractivity contribution is 6.00. The number of rotatable bonds is 3. The lowest BCUT2D eigenvalue weighted by atomic mass is 10.0. The van der Waals surface area contributed by atoms with Crippen molar-refractivity contribution >= 4 is 11.6 Å². The summed E-state index contributed by atoms with van der Waals surface area (Å²) in [4.78, 5) is 13.4. The zero-order valence-corrected chi connectivity index (χ0v) is 11.4. The number of carbonyl (C=O) groups is 1. The lowest BCUT2D eigenvalue weighted by molar-refractivity contribution is -0.149. The number of alkyl halides is 3. The molecule has 2 N–H and O–H groups in total. The van der Waals surface area contributed by atoms with E-state index in [1.54, 1.807) is 6.92 Å². The number of benzene rings is 1. The molecule has 2 unspecified atom stereocenters. The first-order valence-corrected chi connectivity index (χ1v) is 6.31. The van der Waals surface area contributed by atoms with E-state index in [0.29, 0.717) is 5.75 Å². The molecule has 0 aliphatic carbocycles. The fourth-order valence-corrected chi connectivity index (χ4v) is 2.12. The van der Waals surface area contributed by atoms with E-state index in [4.69, 9.17) is 10.5 Å². The maximum atomic E-state index is 12.7. The van der Waals surface area contributed by atoms with Crippen LogP contribution in [0, 0.1) is 0 Å². The molecule has 1 amide bonds. The summed E-state index contributed by atoms with van der Waals surface area (Å²) < 4.78 is 43.5. The Balaban J connectivity index is 2.46. The van der Waals surface area contributed by atoms with Gasteiger partial charge in [-0.2, -0.15) is 13.2 Å². The average molecular weight is 300 g/mol. The third-order valence-corrected chi connectivity index (χ3v) is 3.21. The van der Waals surface area contributed by atoms with Gasteiger partial charge in [0.1, 0.15) is 11.8 Å². The van der Waals surface area contributed by atoms with E-state index >= 15 is 0 Å². The molecule has 2 atom stereocenters. The maximum Gasteiger partial charge on any atom is 0.407 e. The van der Waals surface area contributed by atoms with Gasteiger partial charge in [-0.3, -0.25) is 4.79 Å². The number of nitrogens with zero attached hydrogens (tertiary/aromatic N) is 1. The number of carbonyl (C=O) groups excluding carboxylic acids is 1. The summed E-state index contributed by atoms with van der Waals surface area (Å²) in [6.45, 7) is 5.31. The number of hydrogen-bond donors (Lipinski definition) is 1. The van der Waals surface area contributed by atoms with Gasteiger partial charge in [0.15, 0.2) is 6.10 Å². The van der Waals surface area contributed by atoms with Gasteiger partial charge < -0.3 is 15.4 Å². The van der Waals surface area contributed by atoms with Gasteiger partial charge in [-0.1, -0.05) is 12.1 Å². The van der Waals surface area contributed by atoms with Gasteiger partial charge in [0.05, 0.1) is 5.69 Å². The Hall–Kier alpha value is -2.02. The van der Waals surface area contributed by atoms with Crippen LogP contribution in [0.25, 0.3) is 0 Å². The number of amides is 1. The molecule has 114 valence electrons. The van der Waals surface area contributed by atoms with Gasteiger partial charge in [0.2, 0.25) is 0 Å². The first kappa shape index (κ1) is 15.4. The van der Waals surface area contributed by atoms with Crippen molar-refractivity contribution in [2.75, 3.05) is 11.4 Å². The molecule has 0 saturated heterocycles. The number of ether oxygens (including phenoxy) is 1. The Morgan fingerprint density at radius 1 is 1.52 bits per heavy atom. The van der Waals surface area contributed by atoms with E-state index in [9.17, 15) is 18.0 Å². The van der Waals surface area contributed by atoms with Gasteiger partial charge in [-0.15, -0.1) is 6.58 Å². The lowest BCUT2D eigenvalue weighted by Gasteiger charge is -2.33. The highest BCUT2D eigenvalue weighted by atomic mass is 19.4. The number of anilines is 1. The van der Waals surface area contributed by atoms with Crippen LogP contribution in [0.1, 0.15) is 18.5 Å². The topological polar surface area (TPSA) is 55.6 Å². The Morgan fingerprint density at radius 2 is 2.19 bits per heavy atom. The molecule has 0 fully saturated rings. The third kappa shape index (κ3) is 2.87. The standard InChI is InChI=1S/C14H15F3N2O2/c1-3-6-19-10-7-9(12(18)14(15,16)17)4-5-11(10)21-8(2)13(19)20/h3-5,7-8,12H,1,6,18H2,2H3. The highest BCUT2D eigenvalue weighted by Crippen LogP contribution is 2.38. The molecule has 0 bridgehead atoms. The number of fused-ring (bicyclic) bond motifs is 1. The monoisotopic (exact) mass is 300 g/mol. The van der Waals surface area contributed by atoms with Crippen LogP contribution in [-0.4, -0.2) is 24.7 Å². The molecular weight excluding hydrogens is 285 g/mol. The molecule has 1 aromatic rings. The molecule has 0 radical (unpaired) electrons. The minimum atomic E-state index is -4.55. The van der Waals surface area contributed by atoms with Gasteiger partial charge in [-0.05, 0) is 24.6 Å². The zero-order chi connectivity index (χ0) is 15.8. The van der Waals surface area contributed by atoms with Gasteiger partial charge in [0, 0.05) is 6.54 Å². The normalized spacial score (nSPS) is 19.8. The van der Waals surface area contributed by atoms with Crippen LogP contribution in [0.4, 0.5) is 18.9 Å². The van der Waals surface area contributed by atoms with Gasteiger partial charge in [0.25, 0.3) is 5.91 Å². The van der Waals surface area contributed by atoms with Crippen molar-refractivity contribution < 1.29 is 22.7 Å². The largest absolute Gasteiger partial charge is 0.479 e. The summed E-state index contributed by atoms with van der Waals surface area (Å²) in [5.41, 5.74) is 5.35. The summed E-state index contributed by atoms with van der Waals surface area (Å²) in [6.07, 6.45) is -3.75. The van der Waals surface area contributed by atoms with Crippen LogP contribution in [0.3, 0.4) is 0 Å². The van der Waals surface area contributed by atoms with Crippen molar-refractivity contribution in [3.63, 3.8) is 0 Å². The van der Waals surface area contributed by atoms with Crippen molar-refractivity contribution in [1.82, 2.24) is 0 Å². The molecular formula is C14H15F3N2O2. The van der Waals surface area contributed by atoms with E-state index in [1.807, 2.05) is 0 Å². The Labute approximate surface area is 120 Å². The molecule has 1 heterocycles. The molecule has 1 aliphatic heterocycles. The second-order valence-corrected chi connectivity index (χ2v) is 4.74. The van der Waals surface area contributed by atoms with Crippen molar-refractivity contribution in [1.29, 1.82) is 0 Å². The van der Waals surface area contributed by atoms with Gasteiger partial charge in [-0.25, -0.2) is 0 Å². The first-order valence-electron chi connectivity index (χ1n) is 6.31. The second-order valence-electron chi connectivity index (χ2n) is 4.74. The number of hydrogen-bond acceptors (Lipinski definition) is 3. The summed E-state index contributed by atoms with van der Waals surface area (Å²) >= 11 is 0. The molecule has 21 heavy (non-hydrogen) atoms. The molecule has 7 heteroatoms. The number of halogens is 3. The summed E-state index contributed by atoms with van der Waals surface area (Å²) in [6, 6.07) is 1.78. The van der Waals surface area contributed by atoms with Crippen LogP contribution < -0.4 is 15.4 Å².